The SMILES string of the molecule is CCCC(CN)(CCC)C(=O)NC1CCC(C)CC1. The van der Waals surface area contributed by atoms with Crippen molar-refractivity contribution < 1.29 is 4.79 Å². The van der Waals surface area contributed by atoms with Crippen LogP contribution in [0.2, 0.25) is 0 Å². The summed E-state index contributed by atoms with van der Waals surface area (Å²) in [5, 5.41) is 3.28. The lowest BCUT2D eigenvalue weighted by Crippen LogP contribution is -2.50. The number of amides is 1. The largest absolute Gasteiger partial charge is 0.353 e. The number of carbonyl (C=O) groups excluding carboxylic acids is 1. The van der Waals surface area contributed by atoms with Crippen molar-refractivity contribution in [2.45, 2.75) is 78.2 Å². The maximum Gasteiger partial charge on any atom is 0.227 e. The van der Waals surface area contributed by atoms with Gasteiger partial charge in [-0.15, -0.1) is 0 Å². The monoisotopic (exact) mass is 268 g/mol. The van der Waals surface area contributed by atoms with Crippen molar-refractivity contribution in [2.75, 3.05) is 6.54 Å². The molecule has 0 aromatic carbocycles. The first kappa shape index (κ1) is 16.5. The van der Waals surface area contributed by atoms with Crippen molar-refractivity contribution in [2.24, 2.45) is 17.1 Å². The van der Waals surface area contributed by atoms with Crippen molar-refractivity contribution >= 4 is 5.91 Å². The number of nitrogens with two attached hydrogens (primary N) is 1. The van der Waals surface area contributed by atoms with E-state index in [2.05, 4.69) is 26.1 Å². The molecule has 0 aromatic heterocycles. The molecular formula is C16H32N2O. The van der Waals surface area contributed by atoms with Crippen LogP contribution in [0.1, 0.15) is 72.1 Å². The van der Waals surface area contributed by atoms with Crippen molar-refractivity contribution in [3.8, 4) is 0 Å². The first-order valence-corrected chi connectivity index (χ1v) is 8.09. The zero-order valence-electron chi connectivity index (χ0n) is 13.0. The fraction of sp³-hybridized carbons (Fsp3) is 0.938. The number of carbonyl (C=O) groups is 1. The van der Waals surface area contributed by atoms with E-state index in [1.54, 1.807) is 0 Å². The van der Waals surface area contributed by atoms with Crippen LogP contribution in [0, 0.1) is 11.3 Å². The van der Waals surface area contributed by atoms with E-state index in [9.17, 15) is 4.79 Å². The summed E-state index contributed by atoms with van der Waals surface area (Å²) in [4.78, 5) is 12.6. The molecule has 3 nitrogen and oxygen atoms in total. The van der Waals surface area contributed by atoms with Gasteiger partial charge in [-0.2, -0.15) is 0 Å². The molecule has 0 aromatic rings. The molecule has 0 unspecified atom stereocenters. The van der Waals surface area contributed by atoms with Crippen LogP contribution in [0.15, 0.2) is 0 Å². The van der Waals surface area contributed by atoms with E-state index in [1.807, 2.05) is 0 Å². The summed E-state index contributed by atoms with van der Waals surface area (Å²) in [5.74, 6) is 1.02. The Balaban J connectivity index is 2.60. The molecule has 0 bridgehead atoms. The third-order valence-corrected chi connectivity index (χ3v) is 4.68. The second-order valence-electron chi connectivity index (χ2n) is 6.41. The Morgan fingerprint density at radius 3 is 2.11 bits per heavy atom. The molecule has 19 heavy (non-hydrogen) atoms. The quantitative estimate of drug-likeness (QED) is 0.745. The standard InChI is InChI=1S/C16H32N2O/c1-4-10-16(12-17,11-5-2)15(19)18-14-8-6-13(3)7-9-14/h13-14H,4-12,17H2,1-3H3,(H,18,19). The molecule has 1 fully saturated rings. The minimum Gasteiger partial charge on any atom is -0.353 e. The second-order valence-corrected chi connectivity index (χ2v) is 6.41. The van der Waals surface area contributed by atoms with Crippen molar-refractivity contribution in [3.05, 3.63) is 0 Å². The fourth-order valence-corrected chi connectivity index (χ4v) is 3.35. The summed E-state index contributed by atoms with van der Waals surface area (Å²) in [6.45, 7) is 7.05. The van der Waals surface area contributed by atoms with E-state index in [0.717, 1.165) is 44.4 Å². The lowest BCUT2D eigenvalue weighted by molar-refractivity contribution is -0.132. The van der Waals surface area contributed by atoms with Crippen LogP contribution in [0.5, 0.6) is 0 Å². The first-order valence-electron chi connectivity index (χ1n) is 8.09. The van der Waals surface area contributed by atoms with Crippen molar-refractivity contribution in [1.29, 1.82) is 0 Å². The van der Waals surface area contributed by atoms with Gasteiger partial charge in [0.05, 0.1) is 5.41 Å². The summed E-state index contributed by atoms with van der Waals surface area (Å²) in [6.07, 6.45) is 8.60. The maximum atomic E-state index is 12.6. The van der Waals surface area contributed by atoms with Gasteiger partial charge in [0.15, 0.2) is 0 Å². The fourth-order valence-electron chi connectivity index (χ4n) is 3.35. The topological polar surface area (TPSA) is 55.1 Å². The lowest BCUT2D eigenvalue weighted by Gasteiger charge is -2.34. The van der Waals surface area contributed by atoms with Gasteiger partial charge >= 0.3 is 0 Å². The number of nitrogens with one attached hydrogen (secondary N) is 1. The number of hydrogen-bond acceptors (Lipinski definition) is 2. The molecule has 1 rings (SSSR count). The molecule has 1 aliphatic rings. The van der Waals surface area contributed by atoms with Crippen molar-refractivity contribution in [1.82, 2.24) is 5.32 Å². The van der Waals surface area contributed by atoms with Gasteiger partial charge < -0.3 is 11.1 Å². The Morgan fingerprint density at radius 2 is 1.68 bits per heavy atom. The highest BCUT2D eigenvalue weighted by Crippen LogP contribution is 2.30. The summed E-state index contributed by atoms with van der Waals surface area (Å²) in [5.41, 5.74) is 5.62. The molecular weight excluding hydrogens is 236 g/mol. The normalized spacial score (nSPS) is 24.2. The minimum atomic E-state index is -0.327. The second kappa shape index (κ2) is 7.88. The Labute approximate surface area is 118 Å². The van der Waals surface area contributed by atoms with E-state index in [1.165, 1.54) is 12.8 Å². The molecule has 0 aliphatic heterocycles. The summed E-state index contributed by atoms with van der Waals surface area (Å²) >= 11 is 0. The van der Waals surface area contributed by atoms with Gasteiger partial charge in [-0.25, -0.2) is 0 Å². The summed E-state index contributed by atoms with van der Waals surface area (Å²) < 4.78 is 0. The molecule has 0 radical (unpaired) electrons. The van der Waals surface area contributed by atoms with E-state index < -0.39 is 0 Å². The predicted molar refractivity (Wildman–Crippen MR) is 80.9 cm³/mol. The molecule has 0 heterocycles. The highest BCUT2D eigenvalue weighted by molar-refractivity contribution is 5.83. The van der Waals surface area contributed by atoms with Gasteiger partial charge in [-0.3, -0.25) is 4.79 Å². The van der Waals surface area contributed by atoms with E-state index >= 15 is 0 Å². The molecule has 3 heteroatoms. The van der Waals surface area contributed by atoms with Crippen LogP contribution in [0.3, 0.4) is 0 Å². The Bertz CT molecular complexity index is 264. The Hall–Kier alpha value is -0.570. The summed E-state index contributed by atoms with van der Waals surface area (Å²) in [6, 6.07) is 0.378. The van der Waals surface area contributed by atoms with Gasteiger partial charge in [0, 0.05) is 12.6 Å². The molecule has 1 saturated carbocycles. The average Bonchev–Trinajstić information content (AvgIpc) is 2.41. The predicted octanol–water partition coefficient (Wildman–Crippen LogP) is 3.23. The molecule has 0 atom stereocenters. The van der Waals surface area contributed by atoms with Crippen LogP contribution < -0.4 is 11.1 Å². The molecule has 1 aliphatic carbocycles. The zero-order valence-corrected chi connectivity index (χ0v) is 13.0. The maximum absolute atomic E-state index is 12.6. The Morgan fingerprint density at radius 1 is 1.16 bits per heavy atom. The minimum absolute atomic E-state index is 0.207. The van der Waals surface area contributed by atoms with Crippen LogP contribution >= 0.6 is 0 Å². The van der Waals surface area contributed by atoms with E-state index in [0.29, 0.717) is 12.6 Å². The summed E-state index contributed by atoms with van der Waals surface area (Å²) in [7, 11) is 0. The zero-order chi connectivity index (χ0) is 14.3. The van der Waals surface area contributed by atoms with Gasteiger partial charge in [0.25, 0.3) is 0 Å². The highest BCUT2D eigenvalue weighted by atomic mass is 16.2. The molecule has 112 valence electrons. The van der Waals surface area contributed by atoms with Crippen molar-refractivity contribution in [3.63, 3.8) is 0 Å². The number of rotatable bonds is 7. The van der Waals surface area contributed by atoms with Crippen LogP contribution in [0.25, 0.3) is 0 Å². The highest BCUT2D eigenvalue weighted by Gasteiger charge is 2.36. The smallest absolute Gasteiger partial charge is 0.227 e. The van der Waals surface area contributed by atoms with Gasteiger partial charge in [0.2, 0.25) is 5.91 Å². The molecule has 1 amide bonds. The van der Waals surface area contributed by atoms with Gasteiger partial charge in [0.1, 0.15) is 0 Å². The number of hydrogen-bond donors (Lipinski definition) is 2. The van der Waals surface area contributed by atoms with Crippen LogP contribution in [-0.4, -0.2) is 18.5 Å². The molecule has 0 spiro atoms. The molecule has 3 N–H and O–H groups in total. The average molecular weight is 268 g/mol. The van der Waals surface area contributed by atoms with Crippen LogP contribution in [-0.2, 0) is 4.79 Å². The molecule has 0 saturated heterocycles. The van der Waals surface area contributed by atoms with Gasteiger partial charge in [-0.1, -0.05) is 33.6 Å². The van der Waals surface area contributed by atoms with Crippen LogP contribution in [0.4, 0.5) is 0 Å². The lowest BCUT2D eigenvalue weighted by atomic mass is 9.77. The van der Waals surface area contributed by atoms with E-state index in [4.69, 9.17) is 5.73 Å². The Kier molecular flexibility index (Phi) is 6.84. The van der Waals surface area contributed by atoms with Gasteiger partial charge in [-0.05, 0) is 44.4 Å². The van der Waals surface area contributed by atoms with E-state index in [-0.39, 0.29) is 11.3 Å². The third kappa shape index (κ3) is 4.48. The first-order chi connectivity index (χ1) is 9.07. The third-order valence-electron chi connectivity index (χ3n) is 4.68.